The number of carbonyl (C=O) groups excluding carboxylic acids is 1. The SMILES string of the molecule is N=CC1=CC=CC=C(C(N)=O)C1. The molecule has 0 saturated carbocycles. The molecule has 0 spiro atoms. The largest absolute Gasteiger partial charge is 0.366 e. The van der Waals surface area contributed by atoms with Crippen molar-refractivity contribution in [3.63, 3.8) is 0 Å². The van der Waals surface area contributed by atoms with Gasteiger partial charge in [-0.3, -0.25) is 4.79 Å². The van der Waals surface area contributed by atoms with Gasteiger partial charge in [0.2, 0.25) is 5.91 Å². The Hall–Kier alpha value is -1.64. The van der Waals surface area contributed by atoms with Crippen LogP contribution in [0.2, 0.25) is 0 Å². The average molecular weight is 162 g/mol. The minimum Gasteiger partial charge on any atom is -0.366 e. The maximum absolute atomic E-state index is 10.8. The van der Waals surface area contributed by atoms with Crippen molar-refractivity contribution in [1.29, 1.82) is 5.41 Å². The van der Waals surface area contributed by atoms with Gasteiger partial charge in [-0.1, -0.05) is 24.3 Å². The second kappa shape index (κ2) is 3.67. The third-order valence-corrected chi connectivity index (χ3v) is 1.62. The molecule has 3 nitrogen and oxygen atoms in total. The summed E-state index contributed by atoms with van der Waals surface area (Å²) >= 11 is 0. The third kappa shape index (κ3) is 1.92. The molecule has 1 rings (SSSR count). The Kier molecular flexibility index (Phi) is 2.58. The molecular weight excluding hydrogens is 152 g/mol. The molecule has 0 aromatic carbocycles. The first-order valence-electron chi connectivity index (χ1n) is 3.60. The van der Waals surface area contributed by atoms with E-state index in [9.17, 15) is 4.79 Å². The molecule has 0 saturated heterocycles. The number of primary amides is 1. The molecule has 0 aliphatic heterocycles. The second-order valence-electron chi connectivity index (χ2n) is 2.50. The lowest BCUT2D eigenvalue weighted by Gasteiger charge is -1.99. The van der Waals surface area contributed by atoms with E-state index in [1.165, 1.54) is 6.21 Å². The normalized spacial score (nSPS) is 16.0. The van der Waals surface area contributed by atoms with Crippen LogP contribution in [0.15, 0.2) is 35.5 Å². The summed E-state index contributed by atoms with van der Waals surface area (Å²) in [5, 5.41) is 7.02. The van der Waals surface area contributed by atoms with Crippen LogP contribution in [-0.2, 0) is 4.79 Å². The van der Waals surface area contributed by atoms with Gasteiger partial charge in [0, 0.05) is 18.2 Å². The standard InChI is InChI=1S/C9H10N2O/c10-6-7-3-1-2-4-8(5-7)9(11)12/h1-4,6,10H,5H2,(H2,11,12). The Morgan fingerprint density at radius 3 is 2.75 bits per heavy atom. The summed E-state index contributed by atoms with van der Waals surface area (Å²) in [6.07, 6.45) is 8.68. The number of amides is 1. The molecule has 0 aromatic rings. The maximum Gasteiger partial charge on any atom is 0.244 e. The third-order valence-electron chi connectivity index (χ3n) is 1.62. The maximum atomic E-state index is 10.8. The van der Waals surface area contributed by atoms with Crippen molar-refractivity contribution in [1.82, 2.24) is 0 Å². The Morgan fingerprint density at radius 1 is 1.50 bits per heavy atom. The van der Waals surface area contributed by atoms with E-state index in [-0.39, 0.29) is 0 Å². The topological polar surface area (TPSA) is 66.9 Å². The molecule has 0 unspecified atom stereocenters. The number of hydrogen-bond donors (Lipinski definition) is 2. The quantitative estimate of drug-likeness (QED) is 0.583. The molecule has 0 bridgehead atoms. The fraction of sp³-hybridized carbons (Fsp3) is 0.111. The van der Waals surface area contributed by atoms with E-state index >= 15 is 0 Å². The van der Waals surface area contributed by atoms with Gasteiger partial charge in [0.15, 0.2) is 0 Å². The first-order chi connectivity index (χ1) is 5.74. The van der Waals surface area contributed by atoms with Crippen LogP contribution in [0.1, 0.15) is 6.42 Å². The van der Waals surface area contributed by atoms with Gasteiger partial charge in [0.1, 0.15) is 0 Å². The number of carbonyl (C=O) groups is 1. The summed E-state index contributed by atoms with van der Waals surface area (Å²) in [7, 11) is 0. The summed E-state index contributed by atoms with van der Waals surface area (Å²) in [5.41, 5.74) is 6.44. The average Bonchev–Trinajstić information content (AvgIpc) is 2.28. The highest BCUT2D eigenvalue weighted by Gasteiger charge is 2.06. The number of hydrogen-bond acceptors (Lipinski definition) is 2. The molecule has 1 amide bonds. The predicted octanol–water partition coefficient (Wildman–Crippen LogP) is 0.934. The zero-order chi connectivity index (χ0) is 8.97. The molecule has 12 heavy (non-hydrogen) atoms. The summed E-state index contributed by atoms with van der Waals surface area (Å²) in [5.74, 6) is -0.422. The summed E-state index contributed by atoms with van der Waals surface area (Å²) in [6.45, 7) is 0. The molecule has 0 atom stereocenters. The zero-order valence-corrected chi connectivity index (χ0v) is 6.58. The van der Waals surface area contributed by atoms with Gasteiger partial charge in [0.25, 0.3) is 0 Å². The number of nitrogens with two attached hydrogens (primary N) is 1. The second-order valence-corrected chi connectivity index (χ2v) is 2.50. The highest BCUT2D eigenvalue weighted by atomic mass is 16.1. The van der Waals surface area contributed by atoms with Crippen molar-refractivity contribution in [2.75, 3.05) is 0 Å². The minimum absolute atomic E-state index is 0.422. The van der Waals surface area contributed by atoms with Crippen molar-refractivity contribution in [2.24, 2.45) is 5.73 Å². The van der Waals surface area contributed by atoms with Crippen molar-refractivity contribution in [3.8, 4) is 0 Å². The number of allylic oxidation sites excluding steroid dienone is 5. The van der Waals surface area contributed by atoms with Gasteiger partial charge in [-0.2, -0.15) is 0 Å². The van der Waals surface area contributed by atoms with E-state index < -0.39 is 5.91 Å². The van der Waals surface area contributed by atoms with E-state index in [0.29, 0.717) is 12.0 Å². The fourth-order valence-electron chi connectivity index (χ4n) is 0.957. The smallest absolute Gasteiger partial charge is 0.244 e. The van der Waals surface area contributed by atoms with Crippen molar-refractivity contribution >= 4 is 12.1 Å². The lowest BCUT2D eigenvalue weighted by molar-refractivity contribution is -0.114. The van der Waals surface area contributed by atoms with Crippen LogP contribution < -0.4 is 5.73 Å². The van der Waals surface area contributed by atoms with Crippen LogP contribution in [0.25, 0.3) is 0 Å². The molecule has 0 radical (unpaired) electrons. The van der Waals surface area contributed by atoms with Gasteiger partial charge >= 0.3 is 0 Å². The fourth-order valence-corrected chi connectivity index (χ4v) is 0.957. The van der Waals surface area contributed by atoms with E-state index in [2.05, 4.69) is 0 Å². The molecule has 0 fully saturated rings. The number of rotatable bonds is 2. The number of nitrogens with one attached hydrogen (secondary N) is 1. The van der Waals surface area contributed by atoms with Crippen LogP contribution in [0.4, 0.5) is 0 Å². The molecule has 0 aromatic heterocycles. The summed E-state index contributed by atoms with van der Waals surface area (Å²) in [4.78, 5) is 10.8. The van der Waals surface area contributed by atoms with Gasteiger partial charge in [0.05, 0.1) is 0 Å². The Balaban J connectivity index is 2.89. The van der Waals surface area contributed by atoms with Crippen LogP contribution in [-0.4, -0.2) is 12.1 Å². The molecule has 62 valence electrons. The summed E-state index contributed by atoms with van der Waals surface area (Å²) < 4.78 is 0. The summed E-state index contributed by atoms with van der Waals surface area (Å²) in [6, 6.07) is 0. The van der Waals surface area contributed by atoms with Crippen LogP contribution in [0.3, 0.4) is 0 Å². The van der Waals surface area contributed by atoms with Gasteiger partial charge < -0.3 is 11.1 Å². The van der Waals surface area contributed by atoms with E-state index in [1.54, 1.807) is 24.3 Å². The van der Waals surface area contributed by atoms with Crippen LogP contribution in [0.5, 0.6) is 0 Å². The monoisotopic (exact) mass is 162 g/mol. The molecule has 1 aliphatic carbocycles. The Morgan fingerprint density at radius 2 is 2.17 bits per heavy atom. The zero-order valence-electron chi connectivity index (χ0n) is 6.58. The van der Waals surface area contributed by atoms with Crippen LogP contribution >= 0.6 is 0 Å². The van der Waals surface area contributed by atoms with Gasteiger partial charge in [-0.05, 0) is 5.57 Å². The molecule has 0 heterocycles. The Labute approximate surface area is 70.8 Å². The van der Waals surface area contributed by atoms with E-state index in [1.807, 2.05) is 0 Å². The molecule has 3 heteroatoms. The van der Waals surface area contributed by atoms with E-state index in [4.69, 9.17) is 11.1 Å². The first-order valence-corrected chi connectivity index (χ1v) is 3.60. The van der Waals surface area contributed by atoms with Gasteiger partial charge in [-0.15, -0.1) is 0 Å². The first kappa shape index (κ1) is 8.46. The van der Waals surface area contributed by atoms with Crippen molar-refractivity contribution < 1.29 is 4.79 Å². The van der Waals surface area contributed by atoms with Crippen molar-refractivity contribution in [3.05, 3.63) is 35.5 Å². The lowest BCUT2D eigenvalue weighted by Crippen LogP contribution is -2.14. The highest BCUT2D eigenvalue weighted by Crippen LogP contribution is 2.12. The lowest BCUT2D eigenvalue weighted by atomic mass is 10.1. The minimum atomic E-state index is -0.422. The molecular formula is C9H10N2O. The predicted molar refractivity (Wildman–Crippen MR) is 47.9 cm³/mol. The van der Waals surface area contributed by atoms with Gasteiger partial charge in [-0.25, -0.2) is 0 Å². The Bertz CT molecular complexity index is 298. The van der Waals surface area contributed by atoms with E-state index in [0.717, 1.165) is 5.57 Å². The molecule has 3 N–H and O–H groups in total. The molecule has 1 aliphatic rings. The highest BCUT2D eigenvalue weighted by molar-refractivity contribution is 5.94. The van der Waals surface area contributed by atoms with Crippen LogP contribution in [0, 0.1) is 5.41 Å². The van der Waals surface area contributed by atoms with Crippen molar-refractivity contribution in [2.45, 2.75) is 6.42 Å².